The van der Waals surface area contributed by atoms with Gasteiger partial charge in [0.2, 0.25) is 0 Å². The molecule has 0 N–H and O–H groups in total. The lowest BCUT2D eigenvalue weighted by molar-refractivity contribution is 0.858. The zero-order valence-electron chi connectivity index (χ0n) is 22.4. The Kier molecular flexibility index (Phi) is 4.65. The molecule has 0 radical (unpaired) electrons. The van der Waals surface area contributed by atoms with Crippen LogP contribution in [-0.4, -0.2) is 19.4 Å². The fraction of sp³-hybridized carbons (Fsp3) is 0.0541. The summed E-state index contributed by atoms with van der Waals surface area (Å²) >= 11 is 3.83. The smallest absolute Gasteiger partial charge is 0.195 e. The van der Waals surface area contributed by atoms with Gasteiger partial charge < -0.3 is 4.57 Å². The van der Waals surface area contributed by atoms with Gasteiger partial charge in [-0.15, -0.1) is 11.8 Å². The molecule has 5 heteroatoms. The topological polar surface area (TPSA) is 22.8 Å². The molecule has 5 aromatic carbocycles. The third-order valence-corrected chi connectivity index (χ3v) is 11.4. The van der Waals surface area contributed by atoms with E-state index < -0.39 is 0 Å². The molecule has 2 atom stereocenters. The van der Waals surface area contributed by atoms with Gasteiger partial charge in [0.05, 0.1) is 27.8 Å². The number of rotatable bonds is 2. The Morgan fingerprint density at radius 2 is 1.21 bits per heavy atom. The standard InChI is InChI=1S/C37H23N3S2/c1-5-13-29-23(9-1)24-10-2-6-14-30(24)39(29)22-17-18-26-25-11-3-7-15-31(25)40(32(26)21-22)37-38-28-19-20-34-35(36(28)42-37)27-12-4-8-16-33(27)41-34/h1-21,34-35H. The van der Waals surface area contributed by atoms with Gasteiger partial charge in [0.25, 0.3) is 0 Å². The summed E-state index contributed by atoms with van der Waals surface area (Å²) in [6, 6.07) is 42.0. The average molecular weight is 574 g/mol. The van der Waals surface area contributed by atoms with Crippen molar-refractivity contribution in [1.82, 2.24) is 14.1 Å². The fourth-order valence-electron chi connectivity index (χ4n) is 7.14. The van der Waals surface area contributed by atoms with E-state index in [0.29, 0.717) is 11.2 Å². The maximum atomic E-state index is 5.30. The van der Waals surface area contributed by atoms with E-state index in [9.17, 15) is 0 Å². The Bertz CT molecular complexity index is 2370. The quantitative estimate of drug-likeness (QED) is 0.205. The van der Waals surface area contributed by atoms with Crippen molar-refractivity contribution in [1.29, 1.82) is 0 Å². The summed E-state index contributed by atoms with van der Waals surface area (Å²) in [4.78, 5) is 8.07. The maximum Gasteiger partial charge on any atom is 0.195 e. The van der Waals surface area contributed by atoms with Crippen LogP contribution in [0.3, 0.4) is 0 Å². The Balaban J connectivity index is 1.23. The summed E-state index contributed by atoms with van der Waals surface area (Å²) in [7, 11) is 0. The van der Waals surface area contributed by atoms with Gasteiger partial charge in [0, 0.05) is 48.2 Å². The number of thiazole rings is 1. The number of fused-ring (bicyclic) bond motifs is 11. The number of hydrogen-bond acceptors (Lipinski definition) is 3. The minimum atomic E-state index is 0.360. The third kappa shape index (κ3) is 3.04. The van der Waals surface area contributed by atoms with Crippen molar-refractivity contribution >= 4 is 72.8 Å². The van der Waals surface area contributed by atoms with E-state index in [1.807, 2.05) is 23.1 Å². The molecule has 8 aromatic rings. The van der Waals surface area contributed by atoms with Crippen LogP contribution in [0.5, 0.6) is 0 Å². The lowest BCUT2D eigenvalue weighted by atomic mass is 9.90. The largest absolute Gasteiger partial charge is 0.309 e. The second kappa shape index (κ2) is 8.48. The van der Waals surface area contributed by atoms with Crippen LogP contribution in [0.4, 0.5) is 0 Å². The molecule has 42 heavy (non-hydrogen) atoms. The zero-order valence-corrected chi connectivity index (χ0v) is 24.1. The molecular formula is C37H23N3S2. The zero-order chi connectivity index (χ0) is 27.4. The normalized spacial score (nSPS) is 17.3. The molecule has 3 nitrogen and oxygen atoms in total. The first-order valence-corrected chi connectivity index (χ1v) is 16.0. The molecule has 0 spiro atoms. The molecule has 0 bridgehead atoms. The first-order valence-electron chi connectivity index (χ1n) is 14.3. The molecule has 2 unspecified atom stereocenters. The summed E-state index contributed by atoms with van der Waals surface area (Å²) in [6.45, 7) is 0. The third-order valence-electron chi connectivity index (χ3n) is 8.93. The van der Waals surface area contributed by atoms with Crippen LogP contribution < -0.4 is 0 Å². The first kappa shape index (κ1) is 23.0. The van der Waals surface area contributed by atoms with E-state index in [2.05, 4.69) is 137 Å². The van der Waals surface area contributed by atoms with E-state index in [0.717, 1.165) is 16.5 Å². The lowest BCUT2D eigenvalue weighted by Crippen LogP contribution is -2.12. The molecule has 0 saturated carbocycles. The Hall–Kier alpha value is -4.58. The van der Waals surface area contributed by atoms with Crippen molar-refractivity contribution in [3.63, 3.8) is 0 Å². The van der Waals surface area contributed by atoms with Gasteiger partial charge in [-0.25, -0.2) is 4.98 Å². The Morgan fingerprint density at radius 3 is 1.95 bits per heavy atom. The van der Waals surface area contributed by atoms with Crippen LogP contribution in [-0.2, 0) is 0 Å². The second-order valence-electron chi connectivity index (χ2n) is 11.1. The molecule has 4 heterocycles. The maximum absolute atomic E-state index is 5.30. The molecule has 1 aliphatic heterocycles. The van der Waals surface area contributed by atoms with Crippen molar-refractivity contribution in [2.24, 2.45) is 0 Å². The van der Waals surface area contributed by atoms with Crippen molar-refractivity contribution in [2.75, 3.05) is 0 Å². The summed E-state index contributed by atoms with van der Waals surface area (Å²) < 4.78 is 4.79. The number of para-hydroxylation sites is 3. The van der Waals surface area contributed by atoms with E-state index in [4.69, 9.17) is 4.98 Å². The first-order chi connectivity index (χ1) is 20.8. The highest BCUT2D eigenvalue weighted by Gasteiger charge is 2.38. The molecule has 0 amide bonds. The number of nitrogens with zero attached hydrogens (tertiary/aromatic N) is 3. The van der Waals surface area contributed by atoms with Crippen molar-refractivity contribution in [2.45, 2.75) is 16.1 Å². The number of thioether (sulfide) groups is 1. The predicted molar refractivity (Wildman–Crippen MR) is 178 cm³/mol. The van der Waals surface area contributed by atoms with Gasteiger partial charge >= 0.3 is 0 Å². The Morgan fingerprint density at radius 1 is 0.595 bits per heavy atom. The van der Waals surface area contributed by atoms with Gasteiger partial charge in [-0.1, -0.05) is 96.3 Å². The van der Waals surface area contributed by atoms with Gasteiger partial charge in [-0.05, 0) is 48.0 Å². The van der Waals surface area contributed by atoms with Crippen LogP contribution in [0.1, 0.15) is 22.1 Å². The highest BCUT2D eigenvalue weighted by Crippen LogP contribution is 2.54. The summed E-state index contributed by atoms with van der Waals surface area (Å²) in [5, 5.41) is 6.52. The highest BCUT2D eigenvalue weighted by atomic mass is 32.2. The molecule has 198 valence electrons. The van der Waals surface area contributed by atoms with Crippen molar-refractivity contribution in [3.05, 3.63) is 137 Å². The monoisotopic (exact) mass is 573 g/mol. The highest BCUT2D eigenvalue weighted by molar-refractivity contribution is 8.00. The van der Waals surface area contributed by atoms with Crippen molar-refractivity contribution < 1.29 is 0 Å². The lowest BCUT2D eigenvalue weighted by Gasteiger charge is -2.19. The summed E-state index contributed by atoms with van der Waals surface area (Å²) in [5.41, 5.74) is 8.52. The van der Waals surface area contributed by atoms with Gasteiger partial charge in [0.1, 0.15) is 0 Å². The van der Waals surface area contributed by atoms with Gasteiger partial charge in [-0.3, -0.25) is 4.57 Å². The number of hydrogen-bond donors (Lipinski definition) is 0. The van der Waals surface area contributed by atoms with Crippen molar-refractivity contribution in [3.8, 4) is 10.8 Å². The van der Waals surface area contributed by atoms with Crippen LogP contribution in [0.15, 0.2) is 126 Å². The second-order valence-corrected chi connectivity index (χ2v) is 13.4. The fourth-order valence-corrected chi connectivity index (χ4v) is 9.83. The predicted octanol–water partition coefficient (Wildman–Crippen LogP) is 9.97. The SMILES string of the molecule is C1=CC2Sc3ccccc3C2c2sc(-n3c4ccccc4c4ccc(-n5c6ccccc6c6ccccc65)cc43)nc21. The van der Waals surface area contributed by atoms with Crippen LogP contribution in [0.25, 0.3) is 60.5 Å². The number of aromatic nitrogens is 3. The van der Waals surface area contributed by atoms with E-state index in [1.165, 1.54) is 58.9 Å². The van der Waals surface area contributed by atoms with Crippen LogP contribution >= 0.6 is 23.1 Å². The molecule has 0 fully saturated rings. The molecule has 3 aromatic heterocycles. The summed E-state index contributed by atoms with van der Waals surface area (Å²) in [6.07, 6.45) is 4.60. The minimum Gasteiger partial charge on any atom is -0.309 e. The minimum absolute atomic E-state index is 0.360. The van der Waals surface area contributed by atoms with Crippen LogP contribution in [0.2, 0.25) is 0 Å². The molecule has 2 aliphatic rings. The molecule has 10 rings (SSSR count). The molecule has 1 aliphatic carbocycles. The number of benzene rings is 5. The van der Waals surface area contributed by atoms with Crippen LogP contribution in [0, 0.1) is 0 Å². The van der Waals surface area contributed by atoms with E-state index >= 15 is 0 Å². The average Bonchev–Trinajstić information content (AvgIpc) is 3.79. The Labute approximate surface area is 250 Å². The van der Waals surface area contributed by atoms with E-state index in [1.54, 1.807) is 0 Å². The summed E-state index contributed by atoms with van der Waals surface area (Å²) in [5.74, 6) is 0.360. The van der Waals surface area contributed by atoms with E-state index in [-0.39, 0.29) is 0 Å². The van der Waals surface area contributed by atoms with Gasteiger partial charge in [-0.2, -0.15) is 0 Å². The molecule has 0 saturated heterocycles. The van der Waals surface area contributed by atoms with Gasteiger partial charge in [0.15, 0.2) is 5.13 Å². The molecular weight excluding hydrogens is 551 g/mol.